The first-order valence-electron chi connectivity index (χ1n) is 9.04. The van der Waals surface area contributed by atoms with Crippen LogP contribution in [-0.4, -0.2) is 49.3 Å². The molecular weight excluding hydrogens is 342 g/mol. The Hall–Kier alpha value is -3.19. The molecule has 1 aromatic carbocycles. The zero-order valence-electron chi connectivity index (χ0n) is 15.2. The van der Waals surface area contributed by atoms with Crippen LogP contribution in [0.15, 0.2) is 59.2 Å². The predicted molar refractivity (Wildman–Crippen MR) is 103 cm³/mol. The lowest BCUT2D eigenvalue weighted by atomic mass is 10.1. The smallest absolute Gasteiger partial charge is 0.291 e. The van der Waals surface area contributed by atoms with Crippen molar-refractivity contribution in [2.24, 2.45) is 0 Å². The Morgan fingerprint density at radius 2 is 1.96 bits per heavy atom. The van der Waals surface area contributed by atoms with E-state index >= 15 is 0 Å². The molecule has 1 aliphatic heterocycles. The average Bonchev–Trinajstić information content (AvgIpc) is 3.24. The van der Waals surface area contributed by atoms with E-state index in [4.69, 9.17) is 4.42 Å². The van der Waals surface area contributed by atoms with Gasteiger partial charge in [-0.2, -0.15) is 0 Å². The summed E-state index contributed by atoms with van der Waals surface area (Å²) < 4.78 is 5.12. The van der Waals surface area contributed by atoms with E-state index in [1.807, 2.05) is 36.4 Å². The largest absolute Gasteiger partial charge is 0.459 e. The van der Waals surface area contributed by atoms with Gasteiger partial charge >= 0.3 is 0 Å². The minimum atomic E-state index is -0.282. The van der Waals surface area contributed by atoms with Crippen molar-refractivity contribution < 1.29 is 14.1 Å². The minimum Gasteiger partial charge on any atom is -0.459 e. The first-order valence-corrected chi connectivity index (χ1v) is 9.04. The number of rotatable bonds is 4. The molecule has 1 amide bonds. The number of piperazine rings is 1. The van der Waals surface area contributed by atoms with Crippen LogP contribution in [0.3, 0.4) is 0 Å². The van der Waals surface area contributed by atoms with Gasteiger partial charge in [0.05, 0.1) is 45.2 Å². The number of benzene rings is 1. The topological polar surface area (TPSA) is 75.7 Å². The molecular formula is C20H22N5O2+. The molecule has 0 radical (unpaired) electrons. The highest BCUT2D eigenvalue weighted by molar-refractivity contribution is 6.02. The zero-order chi connectivity index (χ0) is 18.6. The van der Waals surface area contributed by atoms with Gasteiger partial charge in [0.25, 0.3) is 5.91 Å². The van der Waals surface area contributed by atoms with Crippen molar-refractivity contribution in [1.82, 2.24) is 10.2 Å². The Bertz CT molecular complexity index is 900. The maximum Gasteiger partial charge on any atom is 0.291 e. The summed E-state index contributed by atoms with van der Waals surface area (Å²) in [5.74, 6) is 0.905. The van der Waals surface area contributed by atoms with E-state index in [1.165, 1.54) is 6.26 Å². The van der Waals surface area contributed by atoms with Gasteiger partial charge in [0, 0.05) is 11.3 Å². The second-order valence-electron chi connectivity index (χ2n) is 6.73. The summed E-state index contributed by atoms with van der Waals surface area (Å²) >= 11 is 0. The lowest BCUT2D eigenvalue weighted by Gasteiger charge is -2.30. The van der Waals surface area contributed by atoms with Crippen LogP contribution in [0.4, 0.5) is 11.5 Å². The minimum absolute atomic E-state index is 0.276. The van der Waals surface area contributed by atoms with E-state index < -0.39 is 0 Å². The van der Waals surface area contributed by atoms with Crippen molar-refractivity contribution in [2.45, 2.75) is 0 Å². The molecule has 0 saturated carbocycles. The maximum absolute atomic E-state index is 12.1. The summed E-state index contributed by atoms with van der Waals surface area (Å²) in [6.07, 6.45) is 1.48. The van der Waals surface area contributed by atoms with E-state index in [2.05, 4.69) is 27.5 Å². The third kappa shape index (κ3) is 3.98. The summed E-state index contributed by atoms with van der Waals surface area (Å²) in [6.45, 7) is 4.21. The monoisotopic (exact) mass is 364 g/mol. The van der Waals surface area contributed by atoms with Crippen LogP contribution < -0.4 is 15.1 Å². The molecule has 0 unspecified atom stereocenters. The Labute approximate surface area is 157 Å². The summed E-state index contributed by atoms with van der Waals surface area (Å²) in [6, 6.07) is 14.8. The van der Waals surface area contributed by atoms with E-state index in [0.29, 0.717) is 5.69 Å². The number of furan rings is 1. The molecule has 138 valence electrons. The molecule has 2 aromatic heterocycles. The van der Waals surface area contributed by atoms with Crippen molar-refractivity contribution in [3.63, 3.8) is 0 Å². The summed E-state index contributed by atoms with van der Waals surface area (Å²) in [4.78, 5) is 15.9. The quantitative estimate of drug-likeness (QED) is 0.730. The number of amides is 1. The molecule has 3 heterocycles. The highest BCUT2D eigenvalue weighted by atomic mass is 16.3. The number of nitrogens with zero attached hydrogens (tertiary/aromatic N) is 3. The predicted octanol–water partition coefficient (Wildman–Crippen LogP) is 1.32. The van der Waals surface area contributed by atoms with Gasteiger partial charge < -0.3 is 19.5 Å². The van der Waals surface area contributed by atoms with Crippen molar-refractivity contribution in [3.05, 3.63) is 60.6 Å². The molecule has 7 nitrogen and oxygen atoms in total. The summed E-state index contributed by atoms with van der Waals surface area (Å²) in [5, 5.41) is 11.6. The normalized spacial score (nSPS) is 14.9. The van der Waals surface area contributed by atoms with Gasteiger partial charge in [-0.15, -0.1) is 10.2 Å². The Kier molecular flexibility index (Phi) is 4.84. The number of quaternary nitrogens is 1. The number of anilines is 2. The SMILES string of the molecule is C[NH+]1CCN(c2ccc(-c3cccc(NC(=O)c4ccco4)c3)nn2)CC1. The van der Waals surface area contributed by atoms with Gasteiger partial charge in [0.1, 0.15) is 0 Å². The fourth-order valence-electron chi connectivity index (χ4n) is 3.12. The molecule has 1 saturated heterocycles. The molecule has 1 fully saturated rings. The molecule has 2 N–H and O–H groups in total. The molecule has 4 rings (SSSR count). The molecule has 7 heteroatoms. The fraction of sp³-hybridized carbons (Fsp3) is 0.250. The van der Waals surface area contributed by atoms with Crippen LogP contribution in [0.25, 0.3) is 11.3 Å². The van der Waals surface area contributed by atoms with Crippen LogP contribution in [0.5, 0.6) is 0 Å². The van der Waals surface area contributed by atoms with Gasteiger partial charge in [0.2, 0.25) is 0 Å². The van der Waals surface area contributed by atoms with Crippen molar-refractivity contribution in [2.75, 3.05) is 43.4 Å². The fourth-order valence-corrected chi connectivity index (χ4v) is 3.12. The Morgan fingerprint density at radius 3 is 2.67 bits per heavy atom. The zero-order valence-corrected chi connectivity index (χ0v) is 15.2. The lowest BCUT2D eigenvalue weighted by Crippen LogP contribution is -3.12. The van der Waals surface area contributed by atoms with Gasteiger partial charge in [-0.3, -0.25) is 4.79 Å². The highest BCUT2D eigenvalue weighted by Gasteiger charge is 2.18. The van der Waals surface area contributed by atoms with Gasteiger partial charge in [-0.1, -0.05) is 12.1 Å². The number of likely N-dealkylation sites (N-methyl/N-ethyl adjacent to an activating group) is 1. The molecule has 1 aliphatic rings. The third-order valence-electron chi connectivity index (χ3n) is 4.75. The Balaban J connectivity index is 1.47. The van der Waals surface area contributed by atoms with Crippen LogP contribution in [-0.2, 0) is 0 Å². The van der Waals surface area contributed by atoms with E-state index in [0.717, 1.165) is 43.3 Å². The first-order chi connectivity index (χ1) is 13.2. The maximum atomic E-state index is 12.1. The number of nitrogens with one attached hydrogen (secondary N) is 2. The van der Waals surface area contributed by atoms with E-state index in [9.17, 15) is 4.79 Å². The third-order valence-corrected chi connectivity index (χ3v) is 4.75. The van der Waals surface area contributed by atoms with Gasteiger partial charge in [-0.25, -0.2) is 0 Å². The lowest BCUT2D eigenvalue weighted by molar-refractivity contribution is -0.880. The van der Waals surface area contributed by atoms with E-state index in [1.54, 1.807) is 17.0 Å². The van der Waals surface area contributed by atoms with Crippen LogP contribution in [0, 0.1) is 0 Å². The summed E-state index contributed by atoms with van der Waals surface area (Å²) in [7, 11) is 2.21. The van der Waals surface area contributed by atoms with Crippen molar-refractivity contribution in [3.8, 4) is 11.3 Å². The standard InChI is InChI=1S/C20H21N5O2/c1-24-9-11-25(12-10-24)19-8-7-17(22-23-19)15-4-2-5-16(14-15)21-20(26)18-6-3-13-27-18/h2-8,13-14H,9-12H2,1H3,(H,21,26)/p+1. The van der Waals surface area contributed by atoms with Crippen molar-refractivity contribution in [1.29, 1.82) is 0 Å². The molecule has 0 bridgehead atoms. The Morgan fingerprint density at radius 1 is 1.11 bits per heavy atom. The molecule has 0 aliphatic carbocycles. The molecule has 0 atom stereocenters. The second kappa shape index (κ2) is 7.59. The van der Waals surface area contributed by atoms with Crippen molar-refractivity contribution >= 4 is 17.4 Å². The van der Waals surface area contributed by atoms with E-state index in [-0.39, 0.29) is 11.7 Å². The molecule has 0 spiro atoms. The number of hydrogen-bond donors (Lipinski definition) is 2. The van der Waals surface area contributed by atoms with Crippen LogP contribution >= 0.6 is 0 Å². The summed E-state index contributed by atoms with van der Waals surface area (Å²) in [5.41, 5.74) is 2.35. The number of carbonyl (C=O) groups is 1. The first kappa shape index (κ1) is 17.2. The van der Waals surface area contributed by atoms with Gasteiger partial charge in [0.15, 0.2) is 11.6 Å². The average molecular weight is 364 g/mol. The van der Waals surface area contributed by atoms with Crippen LogP contribution in [0.1, 0.15) is 10.6 Å². The molecule has 27 heavy (non-hydrogen) atoms. The number of aromatic nitrogens is 2. The number of hydrogen-bond acceptors (Lipinski definition) is 5. The highest BCUT2D eigenvalue weighted by Crippen LogP contribution is 2.22. The number of carbonyl (C=O) groups excluding carboxylic acids is 1. The van der Waals surface area contributed by atoms with Crippen LogP contribution in [0.2, 0.25) is 0 Å². The molecule has 3 aromatic rings. The van der Waals surface area contributed by atoms with Gasteiger partial charge in [-0.05, 0) is 36.4 Å². The second-order valence-corrected chi connectivity index (χ2v) is 6.73.